The van der Waals surface area contributed by atoms with Crippen LogP contribution in [0, 0.1) is 6.92 Å². The third-order valence-corrected chi connectivity index (χ3v) is 2.18. The van der Waals surface area contributed by atoms with Crippen molar-refractivity contribution in [3.05, 3.63) is 24.2 Å². The van der Waals surface area contributed by atoms with Crippen LogP contribution in [0.5, 0.6) is 0 Å². The van der Waals surface area contributed by atoms with E-state index in [1.807, 2.05) is 29.7 Å². The highest BCUT2D eigenvalue weighted by molar-refractivity contribution is 5.56. The second-order valence-corrected chi connectivity index (χ2v) is 3.13. The van der Waals surface area contributed by atoms with Crippen molar-refractivity contribution in [1.82, 2.24) is 35.2 Å². The average Bonchev–Trinajstić information content (AvgIpc) is 2.88. The number of hydrogen-bond acceptors (Lipinski definition) is 5. The molecule has 0 bridgehead atoms. The molecule has 3 heterocycles. The van der Waals surface area contributed by atoms with Crippen LogP contribution < -0.4 is 0 Å². The van der Waals surface area contributed by atoms with E-state index in [9.17, 15) is 0 Å². The summed E-state index contributed by atoms with van der Waals surface area (Å²) in [5.74, 6) is 1.39. The topological polar surface area (TPSA) is 84.6 Å². The lowest BCUT2D eigenvalue weighted by molar-refractivity contribution is 0.881. The van der Waals surface area contributed by atoms with Crippen LogP contribution in [-0.2, 0) is 0 Å². The van der Waals surface area contributed by atoms with Crippen molar-refractivity contribution in [2.24, 2.45) is 0 Å². The highest BCUT2D eigenvalue weighted by atomic mass is 15.5. The minimum atomic E-state index is 0.560. The van der Waals surface area contributed by atoms with Gasteiger partial charge >= 0.3 is 0 Å². The fourth-order valence-corrected chi connectivity index (χ4v) is 1.42. The van der Waals surface area contributed by atoms with Crippen molar-refractivity contribution in [2.45, 2.75) is 6.92 Å². The third kappa shape index (κ3) is 1.17. The molecule has 0 radical (unpaired) electrons. The average molecular weight is 201 g/mol. The predicted octanol–water partition coefficient (Wildman–Crippen LogP) is 0.218. The Kier molecular flexibility index (Phi) is 1.52. The molecule has 0 aliphatic carbocycles. The molecule has 15 heavy (non-hydrogen) atoms. The van der Waals surface area contributed by atoms with Crippen molar-refractivity contribution in [3.63, 3.8) is 0 Å². The number of hydrogen-bond donors (Lipinski definition) is 1. The molecular formula is C8H7N7. The first kappa shape index (κ1) is 8.04. The van der Waals surface area contributed by atoms with Crippen LogP contribution in [0.15, 0.2) is 18.3 Å². The van der Waals surface area contributed by atoms with Crippen LogP contribution in [0.2, 0.25) is 0 Å². The van der Waals surface area contributed by atoms with E-state index in [0.29, 0.717) is 5.82 Å². The van der Waals surface area contributed by atoms with E-state index in [0.717, 1.165) is 17.0 Å². The highest BCUT2D eigenvalue weighted by Gasteiger charge is 2.06. The zero-order chi connectivity index (χ0) is 10.3. The summed E-state index contributed by atoms with van der Waals surface area (Å²) in [6.07, 6.45) is 1.88. The van der Waals surface area contributed by atoms with Gasteiger partial charge in [0.2, 0.25) is 5.82 Å². The zero-order valence-electron chi connectivity index (χ0n) is 7.92. The molecule has 0 saturated carbocycles. The summed E-state index contributed by atoms with van der Waals surface area (Å²) in [5, 5.41) is 21.7. The Morgan fingerprint density at radius 2 is 2.13 bits per heavy atom. The Labute approximate surface area is 84.2 Å². The monoisotopic (exact) mass is 201 g/mol. The Bertz CT molecular complexity index is 595. The number of fused-ring (bicyclic) bond motifs is 1. The lowest BCUT2D eigenvalue weighted by atomic mass is 10.3. The van der Waals surface area contributed by atoms with Gasteiger partial charge in [-0.3, -0.25) is 4.40 Å². The van der Waals surface area contributed by atoms with E-state index in [-0.39, 0.29) is 0 Å². The maximum absolute atomic E-state index is 3.99. The van der Waals surface area contributed by atoms with E-state index in [2.05, 4.69) is 30.8 Å². The Morgan fingerprint density at radius 3 is 2.93 bits per heavy atom. The number of nitrogens with one attached hydrogen (secondary N) is 1. The van der Waals surface area contributed by atoms with Gasteiger partial charge in [0, 0.05) is 11.8 Å². The molecule has 74 valence electrons. The van der Waals surface area contributed by atoms with Gasteiger partial charge in [0.15, 0.2) is 5.65 Å². The first-order chi connectivity index (χ1) is 7.34. The number of nitrogens with zero attached hydrogens (tertiary/aromatic N) is 6. The van der Waals surface area contributed by atoms with E-state index >= 15 is 0 Å². The fraction of sp³-hybridized carbons (Fsp3) is 0.125. The van der Waals surface area contributed by atoms with Crippen LogP contribution >= 0.6 is 0 Å². The zero-order valence-corrected chi connectivity index (χ0v) is 7.92. The second kappa shape index (κ2) is 2.84. The summed E-state index contributed by atoms with van der Waals surface area (Å²) in [6.45, 7) is 1.89. The van der Waals surface area contributed by atoms with Crippen LogP contribution in [0.4, 0.5) is 0 Å². The van der Waals surface area contributed by atoms with Gasteiger partial charge in [0.05, 0.1) is 0 Å². The maximum Gasteiger partial charge on any atom is 0.206 e. The van der Waals surface area contributed by atoms with Gasteiger partial charge in [0.25, 0.3) is 0 Å². The Hall–Kier alpha value is -2.31. The van der Waals surface area contributed by atoms with E-state index < -0.39 is 0 Å². The summed E-state index contributed by atoms with van der Waals surface area (Å²) < 4.78 is 1.88. The molecule has 1 N–H and O–H groups in total. The van der Waals surface area contributed by atoms with Gasteiger partial charge in [-0.2, -0.15) is 5.21 Å². The number of rotatable bonds is 1. The molecule has 0 amide bonds. The number of pyridine rings is 1. The van der Waals surface area contributed by atoms with E-state index in [1.54, 1.807) is 0 Å². The number of tetrazole rings is 1. The Morgan fingerprint density at radius 1 is 1.20 bits per heavy atom. The van der Waals surface area contributed by atoms with Gasteiger partial charge < -0.3 is 0 Å². The molecule has 3 aromatic rings. The normalized spacial score (nSPS) is 11.0. The Balaban J connectivity index is 2.25. The van der Waals surface area contributed by atoms with Crippen molar-refractivity contribution < 1.29 is 0 Å². The lowest BCUT2D eigenvalue weighted by Crippen LogP contribution is -1.90. The smallest absolute Gasteiger partial charge is 0.206 e. The van der Waals surface area contributed by atoms with Crippen molar-refractivity contribution in [3.8, 4) is 11.4 Å². The molecule has 3 rings (SSSR count). The molecule has 0 aromatic carbocycles. The second-order valence-electron chi connectivity index (χ2n) is 3.13. The number of aryl methyl sites for hydroxylation is 1. The minimum absolute atomic E-state index is 0.560. The minimum Gasteiger partial charge on any atom is -0.286 e. The summed E-state index contributed by atoms with van der Waals surface area (Å²) in [7, 11) is 0. The van der Waals surface area contributed by atoms with Gasteiger partial charge in [-0.1, -0.05) is 0 Å². The fourth-order valence-electron chi connectivity index (χ4n) is 1.42. The highest BCUT2D eigenvalue weighted by Crippen LogP contribution is 2.14. The molecule has 3 aromatic heterocycles. The molecule has 0 unspecified atom stereocenters. The van der Waals surface area contributed by atoms with Crippen molar-refractivity contribution in [2.75, 3.05) is 0 Å². The maximum atomic E-state index is 3.99. The first-order valence-corrected chi connectivity index (χ1v) is 4.40. The summed E-state index contributed by atoms with van der Waals surface area (Å²) in [4.78, 5) is 0. The standard InChI is InChI=1S/C8H7N7/c1-5-9-10-7-3-2-6(4-15(5)7)8-11-13-14-12-8/h2-4H,1H3,(H,11,12,13,14). The predicted molar refractivity (Wildman–Crippen MR) is 50.9 cm³/mol. The molecule has 7 nitrogen and oxygen atoms in total. The van der Waals surface area contributed by atoms with Gasteiger partial charge in [-0.15, -0.1) is 20.4 Å². The number of H-pyrrole nitrogens is 1. The van der Waals surface area contributed by atoms with Crippen molar-refractivity contribution in [1.29, 1.82) is 0 Å². The van der Waals surface area contributed by atoms with Gasteiger partial charge in [-0.25, -0.2) is 0 Å². The van der Waals surface area contributed by atoms with E-state index in [4.69, 9.17) is 0 Å². The number of aromatic nitrogens is 7. The third-order valence-electron chi connectivity index (χ3n) is 2.18. The largest absolute Gasteiger partial charge is 0.286 e. The molecule has 0 spiro atoms. The molecule has 0 atom stereocenters. The van der Waals surface area contributed by atoms with Crippen LogP contribution in [0.1, 0.15) is 5.82 Å². The number of aromatic amines is 1. The summed E-state index contributed by atoms with van der Waals surface area (Å²) >= 11 is 0. The molecule has 0 aliphatic heterocycles. The molecule has 0 fully saturated rings. The van der Waals surface area contributed by atoms with E-state index in [1.165, 1.54) is 0 Å². The van der Waals surface area contributed by atoms with Gasteiger partial charge in [0.1, 0.15) is 5.82 Å². The van der Waals surface area contributed by atoms with Gasteiger partial charge in [-0.05, 0) is 24.3 Å². The lowest BCUT2D eigenvalue weighted by Gasteiger charge is -1.97. The SMILES string of the molecule is Cc1nnc2ccc(-c3nn[nH]n3)cn12. The first-order valence-electron chi connectivity index (χ1n) is 4.40. The van der Waals surface area contributed by atoms with Crippen LogP contribution in [-0.4, -0.2) is 35.2 Å². The van der Waals surface area contributed by atoms with Crippen LogP contribution in [0.25, 0.3) is 17.0 Å². The van der Waals surface area contributed by atoms with Crippen LogP contribution in [0.3, 0.4) is 0 Å². The molecule has 7 heteroatoms. The summed E-state index contributed by atoms with van der Waals surface area (Å²) in [6, 6.07) is 3.75. The molecule has 0 aliphatic rings. The molecular weight excluding hydrogens is 194 g/mol. The van der Waals surface area contributed by atoms with Crippen molar-refractivity contribution >= 4 is 5.65 Å². The quantitative estimate of drug-likeness (QED) is 0.608. The summed E-state index contributed by atoms with van der Waals surface area (Å²) in [5.41, 5.74) is 1.68. The molecule has 0 saturated heterocycles.